The monoisotopic (exact) mass is 402 g/mol. The molecule has 8 nitrogen and oxygen atoms in total. The van der Waals surface area contributed by atoms with Crippen molar-refractivity contribution in [2.75, 3.05) is 13.6 Å². The summed E-state index contributed by atoms with van der Waals surface area (Å²) in [6.45, 7) is -0.517. The molecule has 0 bridgehead atoms. The fourth-order valence-corrected chi connectivity index (χ4v) is 4.53. The second-order valence-electron chi connectivity index (χ2n) is 6.04. The maximum Gasteiger partial charge on any atom is 0.334 e. The summed E-state index contributed by atoms with van der Waals surface area (Å²) in [6, 6.07) is 6.57. The number of rotatable bonds is 4. The van der Waals surface area contributed by atoms with Crippen LogP contribution in [-0.4, -0.2) is 57.9 Å². The van der Waals surface area contributed by atoms with Crippen molar-refractivity contribution in [2.45, 2.75) is 12.5 Å². The maximum absolute atomic E-state index is 12.9. The summed E-state index contributed by atoms with van der Waals surface area (Å²) in [5.41, 5.74) is 0.781. The van der Waals surface area contributed by atoms with Crippen LogP contribution in [0, 0.1) is 0 Å². The van der Waals surface area contributed by atoms with Gasteiger partial charge in [0, 0.05) is 18.3 Å². The van der Waals surface area contributed by atoms with Crippen molar-refractivity contribution in [3.05, 3.63) is 44.8 Å². The molecule has 0 aliphatic carbocycles. The van der Waals surface area contributed by atoms with Gasteiger partial charge in [0.25, 0.3) is 5.91 Å². The quantitative estimate of drug-likeness (QED) is 0.577. The van der Waals surface area contributed by atoms with Gasteiger partial charge >= 0.3 is 17.8 Å². The SMILES string of the molecule is CN1C(=O)C(=O)N(CC(=O)N2N=C(c3cccs3)C[C@H]2c2cccs2)C1=O. The smallest absolute Gasteiger partial charge is 0.271 e. The van der Waals surface area contributed by atoms with Crippen molar-refractivity contribution in [2.24, 2.45) is 5.10 Å². The van der Waals surface area contributed by atoms with Crippen molar-refractivity contribution < 1.29 is 19.2 Å². The van der Waals surface area contributed by atoms with E-state index in [9.17, 15) is 19.2 Å². The summed E-state index contributed by atoms with van der Waals surface area (Å²) in [6.07, 6.45) is 0.549. The number of carbonyl (C=O) groups excluding carboxylic acids is 4. The summed E-state index contributed by atoms with van der Waals surface area (Å²) >= 11 is 3.04. The molecular formula is C17H14N4O4S2. The van der Waals surface area contributed by atoms with Crippen LogP contribution in [0.2, 0.25) is 0 Å². The fraction of sp³-hybridized carbons (Fsp3) is 0.235. The second-order valence-corrected chi connectivity index (χ2v) is 7.96. The summed E-state index contributed by atoms with van der Waals surface area (Å²) in [5.74, 6) is -2.44. The molecule has 2 aromatic heterocycles. The van der Waals surface area contributed by atoms with Gasteiger partial charge in [0.05, 0.1) is 16.6 Å². The minimum atomic E-state index is -0.995. The lowest BCUT2D eigenvalue weighted by Gasteiger charge is -2.22. The van der Waals surface area contributed by atoms with Crippen LogP contribution >= 0.6 is 22.7 Å². The first-order chi connectivity index (χ1) is 13.0. The molecule has 0 unspecified atom stereocenters. The number of imide groups is 2. The molecule has 0 spiro atoms. The van der Waals surface area contributed by atoms with E-state index in [-0.39, 0.29) is 6.04 Å². The summed E-state index contributed by atoms with van der Waals surface area (Å²) < 4.78 is 0. The van der Waals surface area contributed by atoms with Gasteiger partial charge in [0.2, 0.25) is 0 Å². The number of carbonyl (C=O) groups is 4. The molecule has 0 radical (unpaired) electrons. The molecule has 0 saturated carbocycles. The van der Waals surface area contributed by atoms with E-state index in [0.29, 0.717) is 16.2 Å². The number of amides is 5. The Labute approximate surface area is 162 Å². The molecule has 27 heavy (non-hydrogen) atoms. The standard InChI is InChI=1S/C17H14N4O4S2/c1-19-15(23)16(24)20(17(19)25)9-14(22)21-11(13-5-3-7-27-13)8-10(18-21)12-4-2-6-26-12/h2-7,11H,8-9H2,1H3/t11-/m0/s1. The topological polar surface area (TPSA) is 90.4 Å². The maximum atomic E-state index is 12.9. The van der Waals surface area contributed by atoms with E-state index in [1.54, 1.807) is 0 Å². The van der Waals surface area contributed by atoms with E-state index in [1.165, 1.54) is 34.7 Å². The van der Waals surface area contributed by atoms with Crippen LogP contribution in [-0.2, 0) is 14.4 Å². The van der Waals surface area contributed by atoms with Crippen LogP contribution in [0.25, 0.3) is 0 Å². The van der Waals surface area contributed by atoms with Crippen molar-refractivity contribution in [3.63, 3.8) is 0 Å². The Morgan fingerprint density at radius 2 is 1.89 bits per heavy atom. The van der Waals surface area contributed by atoms with E-state index in [1.807, 2.05) is 35.0 Å². The van der Waals surface area contributed by atoms with Gasteiger partial charge in [-0.2, -0.15) is 5.10 Å². The molecule has 1 saturated heterocycles. The third kappa shape index (κ3) is 2.96. The van der Waals surface area contributed by atoms with Crippen molar-refractivity contribution in [1.82, 2.24) is 14.8 Å². The first-order valence-corrected chi connectivity index (χ1v) is 9.83. The lowest BCUT2D eigenvalue weighted by atomic mass is 10.1. The van der Waals surface area contributed by atoms with Crippen LogP contribution in [0.3, 0.4) is 0 Å². The average molecular weight is 402 g/mol. The molecule has 4 heterocycles. The molecule has 10 heteroatoms. The Kier molecular flexibility index (Phi) is 4.36. The average Bonchev–Trinajstić information content (AvgIpc) is 3.43. The van der Waals surface area contributed by atoms with Gasteiger partial charge in [-0.15, -0.1) is 22.7 Å². The minimum Gasteiger partial charge on any atom is -0.271 e. The molecule has 2 aromatic rings. The first-order valence-electron chi connectivity index (χ1n) is 8.07. The second kappa shape index (κ2) is 6.71. The number of nitrogens with zero attached hydrogens (tertiary/aromatic N) is 4. The number of urea groups is 1. The van der Waals surface area contributed by atoms with E-state index < -0.39 is 30.3 Å². The molecule has 4 rings (SSSR count). The van der Waals surface area contributed by atoms with Crippen LogP contribution in [0.4, 0.5) is 4.79 Å². The lowest BCUT2D eigenvalue weighted by molar-refractivity contribution is -0.144. The summed E-state index contributed by atoms with van der Waals surface area (Å²) in [4.78, 5) is 51.8. The number of thiophene rings is 2. The molecule has 2 aliphatic rings. The van der Waals surface area contributed by atoms with Gasteiger partial charge in [-0.05, 0) is 22.9 Å². The third-order valence-corrected chi connectivity index (χ3v) is 6.28. The normalized spacial score (nSPS) is 20.0. The van der Waals surface area contributed by atoms with Crippen LogP contribution in [0.5, 0.6) is 0 Å². The van der Waals surface area contributed by atoms with E-state index >= 15 is 0 Å². The van der Waals surface area contributed by atoms with Crippen LogP contribution in [0.15, 0.2) is 40.1 Å². The lowest BCUT2D eigenvalue weighted by Crippen LogP contribution is -2.41. The predicted octanol–water partition coefficient (Wildman–Crippen LogP) is 1.91. The fourth-order valence-electron chi connectivity index (χ4n) is 3.00. The molecule has 2 aliphatic heterocycles. The van der Waals surface area contributed by atoms with Gasteiger partial charge in [-0.25, -0.2) is 14.7 Å². The first kappa shape index (κ1) is 17.6. The highest BCUT2D eigenvalue weighted by Crippen LogP contribution is 2.36. The Morgan fingerprint density at radius 3 is 2.48 bits per heavy atom. The zero-order chi connectivity index (χ0) is 19.1. The van der Waals surface area contributed by atoms with Crippen molar-refractivity contribution in [3.8, 4) is 0 Å². The van der Waals surface area contributed by atoms with Crippen LogP contribution < -0.4 is 0 Å². The highest BCUT2D eigenvalue weighted by atomic mass is 32.1. The zero-order valence-electron chi connectivity index (χ0n) is 14.2. The largest absolute Gasteiger partial charge is 0.334 e. The Morgan fingerprint density at radius 1 is 1.15 bits per heavy atom. The molecule has 138 valence electrons. The van der Waals surface area contributed by atoms with Crippen molar-refractivity contribution in [1.29, 1.82) is 0 Å². The third-order valence-electron chi connectivity index (χ3n) is 4.39. The summed E-state index contributed by atoms with van der Waals surface area (Å²) in [7, 11) is 1.21. The van der Waals surface area contributed by atoms with E-state index in [2.05, 4.69) is 5.10 Å². The van der Waals surface area contributed by atoms with Gasteiger partial charge in [-0.1, -0.05) is 12.1 Å². The highest BCUT2D eigenvalue weighted by Gasteiger charge is 2.44. The number of likely N-dealkylation sites (N-methyl/N-ethyl adjacent to an activating group) is 1. The van der Waals surface area contributed by atoms with E-state index in [0.717, 1.165) is 15.5 Å². The molecule has 5 amide bonds. The Bertz CT molecular complexity index is 952. The van der Waals surface area contributed by atoms with E-state index in [4.69, 9.17) is 0 Å². The minimum absolute atomic E-state index is 0.296. The zero-order valence-corrected chi connectivity index (χ0v) is 15.8. The molecule has 1 atom stereocenters. The Balaban J connectivity index is 1.60. The molecule has 0 aromatic carbocycles. The van der Waals surface area contributed by atoms with Gasteiger partial charge in [-0.3, -0.25) is 19.3 Å². The van der Waals surface area contributed by atoms with Crippen molar-refractivity contribution >= 4 is 52.1 Å². The highest BCUT2D eigenvalue weighted by molar-refractivity contribution is 7.12. The number of hydrazone groups is 1. The number of hydrogen-bond donors (Lipinski definition) is 0. The van der Waals surface area contributed by atoms with Gasteiger partial charge in [0.1, 0.15) is 6.54 Å². The van der Waals surface area contributed by atoms with Gasteiger partial charge < -0.3 is 0 Å². The molecular weight excluding hydrogens is 388 g/mol. The molecule has 1 fully saturated rings. The Hall–Kier alpha value is -2.85. The van der Waals surface area contributed by atoms with Gasteiger partial charge in [0.15, 0.2) is 0 Å². The molecule has 0 N–H and O–H groups in total. The van der Waals surface area contributed by atoms with Crippen LogP contribution in [0.1, 0.15) is 22.2 Å². The predicted molar refractivity (Wildman–Crippen MR) is 99.3 cm³/mol. The summed E-state index contributed by atoms with van der Waals surface area (Å²) in [5, 5.41) is 9.65. The number of hydrogen-bond acceptors (Lipinski definition) is 7.